The second-order valence-electron chi connectivity index (χ2n) is 5.70. The van der Waals surface area contributed by atoms with Crippen LogP contribution in [0.2, 0.25) is 0 Å². The van der Waals surface area contributed by atoms with Crippen LogP contribution >= 0.6 is 0 Å². The highest BCUT2D eigenvalue weighted by atomic mass is 19.1. The Bertz CT molecular complexity index is 811. The minimum absolute atomic E-state index is 0.205. The maximum atomic E-state index is 13.0. The Morgan fingerprint density at radius 3 is 2.50 bits per heavy atom. The monoisotopic (exact) mass is 391 g/mol. The van der Waals surface area contributed by atoms with E-state index in [2.05, 4.69) is 5.32 Å². The van der Waals surface area contributed by atoms with Crippen molar-refractivity contribution in [2.24, 2.45) is 0 Å². The van der Waals surface area contributed by atoms with Gasteiger partial charge >= 0.3 is 5.97 Å². The number of rotatable bonds is 10. The number of carbonyl (C=O) groups is 2. The van der Waals surface area contributed by atoms with Crippen molar-refractivity contribution in [1.29, 1.82) is 0 Å². The zero-order valence-electron chi connectivity index (χ0n) is 15.7. The lowest BCUT2D eigenvalue weighted by molar-refractivity contribution is -0.150. The summed E-state index contributed by atoms with van der Waals surface area (Å²) in [5.74, 6) is -0.184. The first-order valence-electron chi connectivity index (χ1n) is 8.53. The minimum Gasteiger partial charge on any atom is -0.493 e. The van der Waals surface area contributed by atoms with E-state index in [9.17, 15) is 14.0 Å². The number of ether oxygens (including phenoxy) is 4. The van der Waals surface area contributed by atoms with Crippen LogP contribution in [0.1, 0.15) is 5.56 Å². The molecule has 1 N–H and O–H groups in total. The molecule has 8 heteroatoms. The molecule has 0 atom stereocenters. The summed E-state index contributed by atoms with van der Waals surface area (Å²) in [6.07, 6.45) is 0.572. The van der Waals surface area contributed by atoms with Crippen molar-refractivity contribution < 1.29 is 32.9 Å². The van der Waals surface area contributed by atoms with Crippen molar-refractivity contribution >= 4 is 11.9 Å². The van der Waals surface area contributed by atoms with Crippen molar-refractivity contribution in [3.63, 3.8) is 0 Å². The lowest BCUT2D eigenvalue weighted by atomic mass is 10.1. The third-order valence-electron chi connectivity index (χ3n) is 3.70. The van der Waals surface area contributed by atoms with E-state index in [1.54, 1.807) is 20.3 Å². The molecule has 0 aliphatic carbocycles. The molecule has 0 aromatic heterocycles. The van der Waals surface area contributed by atoms with Gasteiger partial charge in [0.2, 0.25) is 0 Å². The Kier molecular flexibility index (Phi) is 8.08. The lowest BCUT2D eigenvalue weighted by Gasteiger charge is -2.10. The van der Waals surface area contributed by atoms with Gasteiger partial charge in [-0.3, -0.25) is 4.79 Å². The number of benzene rings is 2. The van der Waals surface area contributed by atoms with E-state index >= 15 is 0 Å². The molecule has 7 nitrogen and oxygen atoms in total. The predicted octanol–water partition coefficient (Wildman–Crippen LogP) is 2.12. The average molecular weight is 391 g/mol. The fourth-order valence-electron chi connectivity index (χ4n) is 2.32. The SMILES string of the molecule is COc1ccc(CCNC(=O)COC(=O)COc2cccc(F)c2)cc1OC. The summed E-state index contributed by atoms with van der Waals surface area (Å²) in [6.45, 7) is -0.467. The van der Waals surface area contributed by atoms with E-state index < -0.39 is 30.9 Å². The Hall–Kier alpha value is -3.29. The van der Waals surface area contributed by atoms with Crippen LogP contribution in [0, 0.1) is 5.82 Å². The number of hydrogen-bond donors (Lipinski definition) is 1. The van der Waals surface area contributed by atoms with Crippen LogP contribution in [-0.4, -0.2) is 45.9 Å². The third-order valence-corrected chi connectivity index (χ3v) is 3.70. The molecule has 0 saturated heterocycles. The van der Waals surface area contributed by atoms with Crippen molar-refractivity contribution in [3.05, 3.63) is 53.8 Å². The second kappa shape index (κ2) is 10.8. The molecule has 150 valence electrons. The van der Waals surface area contributed by atoms with Crippen molar-refractivity contribution in [3.8, 4) is 17.2 Å². The molecular formula is C20H22FNO6. The number of amides is 1. The first kappa shape index (κ1) is 21.0. The highest BCUT2D eigenvalue weighted by Gasteiger charge is 2.09. The van der Waals surface area contributed by atoms with Gasteiger partial charge in [0.05, 0.1) is 14.2 Å². The molecule has 0 saturated carbocycles. The zero-order chi connectivity index (χ0) is 20.4. The van der Waals surface area contributed by atoms with Crippen LogP contribution in [0.3, 0.4) is 0 Å². The van der Waals surface area contributed by atoms with Gasteiger partial charge in [0.1, 0.15) is 11.6 Å². The van der Waals surface area contributed by atoms with Gasteiger partial charge in [-0.25, -0.2) is 9.18 Å². The van der Waals surface area contributed by atoms with E-state index in [0.717, 1.165) is 11.6 Å². The van der Waals surface area contributed by atoms with E-state index in [0.29, 0.717) is 24.5 Å². The molecule has 2 rings (SSSR count). The molecule has 2 aromatic rings. The number of nitrogens with one attached hydrogen (secondary N) is 1. The normalized spacial score (nSPS) is 10.1. The van der Waals surface area contributed by atoms with Crippen LogP contribution in [0.5, 0.6) is 17.2 Å². The van der Waals surface area contributed by atoms with Gasteiger partial charge in [0.15, 0.2) is 24.7 Å². The summed E-state index contributed by atoms with van der Waals surface area (Å²) >= 11 is 0. The van der Waals surface area contributed by atoms with Crippen molar-refractivity contribution in [2.45, 2.75) is 6.42 Å². The summed E-state index contributed by atoms with van der Waals surface area (Å²) in [6, 6.07) is 10.9. The Morgan fingerprint density at radius 1 is 1.00 bits per heavy atom. The van der Waals surface area contributed by atoms with E-state index in [4.69, 9.17) is 18.9 Å². The molecule has 0 radical (unpaired) electrons. The molecule has 2 aromatic carbocycles. The molecule has 0 fully saturated rings. The zero-order valence-corrected chi connectivity index (χ0v) is 15.7. The molecule has 28 heavy (non-hydrogen) atoms. The van der Waals surface area contributed by atoms with Gasteiger partial charge in [-0.1, -0.05) is 12.1 Å². The third kappa shape index (κ3) is 6.79. The summed E-state index contributed by atoms with van der Waals surface area (Å²) in [4.78, 5) is 23.3. The fourth-order valence-corrected chi connectivity index (χ4v) is 2.32. The van der Waals surface area contributed by atoms with Crippen molar-refractivity contribution in [1.82, 2.24) is 5.32 Å². The Balaban J connectivity index is 1.66. The molecule has 0 heterocycles. The van der Waals surface area contributed by atoms with E-state index in [1.165, 1.54) is 18.2 Å². The summed E-state index contributed by atoms with van der Waals surface area (Å²) < 4.78 is 33.3. The largest absolute Gasteiger partial charge is 0.493 e. The maximum absolute atomic E-state index is 13.0. The number of esters is 1. The van der Waals surface area contributed by atoms with Crippen LogP contribution in [-0.2, 0) is 20.7 Å². The van der Waals surface area contributed by atoms with Crippen LogP contribution < -0.4 is 19.5 Å². The standard InChI is InChI=1S/C20H22FNO6/c1-25-17-7-6-14(10-18(17)26-2)8-9-22-19(23)12-28-20(24)13-27-16-5-3-4-15(21)11-16/h3-7,10-11H,8-9,12-13H2,1-2H3,(H,22,23). The molecule has 0 aliphatic rings. The lowest BCUT2D eigenvalue weighted by Crippen LogP contribution is -2.31. The minimum atomic E-state index is -0.723. The molecule has 1 amide bonds. The van der Waals surface area contributed by atoms with Gasteiger partial charge < -0.3 is 24.3 Å². The van der Waals surface area contributed by atoms with Crippen LogP contribution in [0.4, 0.5) is 4.39 Å². The molecule has 0 bridgehead atoms. The fraction of sp³-hybridized carbons (Fsp3) is 0.300. The summed E-state index contributed by atoms with van der Waals surface area (Å²) in [5, 5.41) is 2.66. The highest BCUT2D eigenvalue weighted by Crippen LogP contribution is 2.27. The van der Waals surface area contributed by atoms with Gasteiger partial charge in [-0.05, 0) is 36.2 Å². The Labute approximate surface area is 162 Å². The topological polar surface area (TPSA) is 83.1 Å². The number of halogens is 1. The summed E-state index contributed by atoms with van der Waals surface area (Å²) in [7, 11) is 3.11. The van der Waals surface area contributed by atoms with Crippen molar-refractivity contribution in [2.75, 3.05) is 34.0 Å². The number of carbonyl (C=O) groups excluding carboxylic acids is 2. The maximum Gasteiger partial charge on any atom is 0.344 e. The predicted molar refractivity (Wildman–Crippen MR) is 99.1 cm³/mol. The Morgan fingerprint density at radius 2 is 1.79 bits per heavy atom. The average Bonchev–Trinajstić information content (AvgIpc) is 2.70. The number of methoxy groups -OCH3 is 2. The van der Waals surface area contributed by atoms with E-state index in [-0.39, 0.29) is 5.75 Å². The molecule has 0 spiro atoms. The molecule has 0 aliphatic heterocycles. The van der Waals surface area contributed by atoms with Crippen LogP contribution in [0.25, 0.3) is 0 Å². The summed E-state index contributed by atoms with van der Waals surface area (Å²) in [5.41, 5.74) is 0.957. The van der Waals surface area contributed by atoms with Crippen LogP contribution in [0.15, 0.2) is 42.5 Å². The van der Waals surface area contributed by atoms with Gasteiger partial charge in [0, 0.05) is 12.6 Å². The number of hydrogen-bond acceptors (Lipinski definition) is 6. The molecular weight excluding hydrogens is 369 g/mol. The smallest absolute Gasteiger partial charge is 0.344 e. The quantitative estimate of drug-likeness (QED) is 0.625. The first-order chi connectivity index (χ1) is 13.5. The van der Waals surface area contributed by atoms with Gasteiger partial charge in [0.25, 0.3) is 5.91 Å². The first-order valence-corrected chi connectivity index (χ1v) is 8.53. The van der Waals surface area contributed by atoms with E-state index in [1.807, 2.05) is 12.1 Å². The second-order valence-corrected chi connectivity index (χ2v) is 5.70. The highest BCUT2D eigenvalue weighted by molar-refractivity contribution is 5.80. The van der Waals surface area contributed by atoms with Gasteiger partial charge in [-0.2, -0.15) is 0 Å². The molecule has 0 unspecified atom stereocenters. The van der Waals surface area contributed by atoms with Gasteiger partial charge in [-0.15, -0.1) is 0 Å².